The number of rotatable bonds is 4. The van der Waals surface area contributed by atoms with Gasteiger partial charge in [0.2, 0.25) is 0 Å². The molecule has 2 amide bonds. The third-order valence-electron chi connectivity index (χ3n) is 5.87. The highest BCUT2D eigenvalue weighted by Gasteiger charge is 2.44. The number of likely N-dealkylation sites (tertiary alicyclic amines) is 1. The normalized spacial score (nSPS) is 18.9. The fraction of sp³-hybridized carbons (Fsp3) is 0.364. The van der Waals surface area contributed by atoms with Crippen molar-refractivity contribution in [1.29, 1.82) is 0 Å². The number of amides is 2. The van der Waals surface area contributed by atoms with Gasteiger partial charge < -0.3 is 9.80 Å². The molecule has 0 N–H and O–H groups in total. The third kappa shape index (κ3) is 3.99. The number of alkyl halides is 3. The first-order valence-corrected chi connectivity index (χ1v) is 10.8. The fourth-order valence-corrected chi connectivity index (χ4v) is 4.85. The average Bonchev–Trinajstić information content (AvgIpc) is 3.33. The Morgan fingerprint density at radius 2 is 1.68 bits per heavy atom. The molecule has 1 fully saturated rings. The van der Waals surface area contributed by atoms with E-state index in [4.69, 9.17) is 0 Å². The minimum Gasteiger partial charge on any atom is -0.366 e. The van der Waals surface area contributed by atoms with Gasteiger partial charge in [0.25, 0.3) is 11.8 Å². The van der Waals surface area contributed by atoms with Gasteiger partial charge in [-0.1, -0.05) is 6.07 Å². The Balaban J connectivity index is 1.71. The van der Waals surface area contributed by atoms with Crippen LogP contribution in [0.15, 0.2) is 47.5 Å². The maximum absolute atomic E-state index is 13.4. The number of likely N-dealkylation sites (N-methyl/N-ethyl adjacent to an activating group) is 1. The van der Waals surface area contributed by atoms with Crippen LogP contribution in [-0.2, 0) is 15.8 Å². The van der Waals surface area contributed by atoms with E-state index in [1.54, 1.807) is 12.1 Å². The molecule has 0 radical (unpaired) electrons. The third-order valence-corrected chi connectivity index (χ3v) is 6.76. The second-order valence-electron chi connectivity index (χ2n) is 7.84. The van der Waals surface area contributed by atoms with E-state index in [1.807, 2.05) is 24.4 Å². The standard InChI is InChI=1S/C22H22F3N3O2S/c1-26-11-9-15(10-12-26)27(2)19-18(17-4-3-13-31-17)20(29)28(21(19)30)16-7-5-14(6-8-16)22(23,24)25/h3-8,13,15H,9-12H2,1-2H3. The first kappa shape index (κ1) is 21.6. The number of piperidine rings is 1. The summed E-state index contributed by atoms with van der Waals surface area (Å²) in [5.41, 5.74) is -0.0856. The Bertz CT molecular complexity index is 1010. The predicted octanol–water partition coefficient (Wildman–Crippen LogP) is 4.08. The molecule has 1 aromatic carbocycles. The minimum atomic E-state index is -4.49. The van der Waals surface area contributed by atoms with E-state index in [1.165, 1.54) is 23.5 Å². The predicted molar refractivity (Wildman–Crippen MR) is 113 cm³/mol. The van der Waals surface area contributed by atoms with Crippen molar-refractivity contribution in [2.75, 3.05) is 32.1 Å². The van der Waals surface area contributed by atoms with E-state index in [2.05, 4.69) is 4.90 Å². The Kier molecular flexibility index (Phi) is 5.65. The van der Waals surface area contributed by atoms with Crippen molar-refractivity contribution in [2.45, 2.75) is 25.1 Å². The molecule has 1 saturated heterocycles. The molecule has 0 unspecified atom stereocenters. The average molecular weight is 449 g/mol. The Morgan fingerprint density at radius 1 is 1.03 bits per heavy atom. The highest BCUT2D eigenvalue weighted by atomic mass is 32.1. The second-order valence-corrected chi connectivity index (χ2v) is 8.78. The highest BCUT2D eigenvalue weighted by molar-refractivity contribution is 7.11. The molecule has 9 heteroatoms. The zero-order valence-corrected chi connectivity index (χ0v) is 18.0. The van der Waals surface area contributed by atoms with Gasteiger partial charge in [-0.05, 0) is 68.7 Å². The van der Waals surface area contributed by atoms with Crippen molar-refractivity contribution in [3.63, 3.8) is 0 Å². The number of carbonyl (C=O) groups is 2. The zero-order valence-electron chi connectivity index (χ0n) is 17.1. The summed E-state index contributed by atoms with van der Waals surface area (Å²) in [5.74, 6) is -1.02. The SMILES string of the molecule is CN1CCC(N(C)C2=C(c3cccs3)C(=O)N(c3ccc(C(F)(F)F)cc3)C2=O)CC1. The summed E-state index contributed by atoms with van der Waals surface area (Å²) in [4.78, 5) is 32.5. The molecule has 0 bridgehead atoms. The van der Waals surface area contributed by atoms with Gasteiger partial charge in [0.15, 0.2) is 0 Å². The van der Waals surface area contributed by atoms with Crippen molar-refractivity contribution >= 4 is 34.4 Å². The van der Waals surface area contributed by atoms with Gasteiger partial charge >= 0.3 is 6.18 Å². The minimum absolute atomic E-state index is 0.102. The number of hydrogen-bond acceptors (Lipinski definition) is 5. The van der Waals surface area contributed by atoms with Gasteiger partial charge in [0, 0.05) is 18.0 Å². The van der Waals surface area contributed by atoms with Crippen LogP contribution in [0.2, 0.25) is 0 Å². The lowest BCUT2D eigenvalue weighted by molar-refractivity contribution is -0.137. The van der Waals surface area contributed by atoms with E-state index in [0.717, 1.165) is 43.0 Å². The number of benzene rings is 1. The summed E-state index contributed by atoms with van der Waals surface area (Å²) >= 11 is 1.36. The van der Waals surface area contributed by atoms with Crippen LogP contribution in [0.3, 0.4) is 0 Å². The molecule has 0 saturated carbocycles. The first-order chi connectivity index (χ1) is 14.7. The molecule has 1 aromatic heterocycles. The summed E-state index contributed by atoms with van der Waals surface area (Å²) in [6.07, 6.45) is -2.77. The molecule has 4 rings (SSSR count). The number of anilines is 1. The van der Waals surface area contributed by atoms with Crippen molar-refractivity contribution in [2.24, 2.45) is 0 Å². The molecular weight excluding hydrogens is 427 g/mol. The largest absolute Gasteiger partial charge is 0.416 e. The summed E-state index contributed by atoms with van der Waals surface area (Å²) < 4.78 is 38.8. The molecule has 0 spiro atoms. The van der Waals surface area contributed by atoms with Crippen molar-refractivity contribution < 1.29 is 22.8 Å². The van der Waals surface area contributed by atoms with Crippen LogP contribution in [0, 0.1) is 0 Å². The fourth-order valence-electron chi connectivity index (χ4n) is 4.09. The van der Waals surface area contributed by atoms with Crippen LogP contribution in [-0.4, -0.2) is 54.8 Å². The second kappa shape index (κ2) is 8.12. The Hall–Kier alpha value is -2.65. The zero-order chi connectivity index (χ0) is 22.3. The quantitative estimate of drug-likeness (QED) is 0.660. The number of thiophene rings is 1. The van der Waals surface area contributed by atoms with Crippen LogP contribution in [0.25, 0.3) is 5.57 Å². The molecule has 5 nitrogen and oxygen atoms in total. The van der Waals surface area contributed by atoms with Gasteiger partial charge in [-0.3, -0.25) is 9.59 Å². The van der Waals surface area contributed by atoms with E-state index < -0.39 is 23.6 Å². The smallest absolute Gasteiger partial charge is 0.366 e. The lowest BCUT2D eigenvalue weighted by atomic mass is 10.0. The molecule has 2 aliphatic rings. The van der Waals surface area contributed by atoms with E-state index in [9.17, 15) is 22.8 Å². The van der Waals surface area contributed by atoms with Crippen molar-refractivity contribution in [3.05, 3.63) is 57.9 Å². The lowest BCUT2D eigenvalue weighted by Gasteiger charge is -2.36. The monoisotopic (exact) mass is 449 g/mol. The molecule has 2 aromatic rings. The van der Waals surface area contributed by atoms with Crippen molar-refractivity contribution in [3.8, 4) is 0 Å². The summed E-state index contributed by atoms with van der Waals surface area (Å²) in [7, 11) is 3.86. The van der Waals surface area contributed by atoms with Crippen LogP contribution in [0.1, 0.15) is 23.3 Å². The number of carbonyl (C=O) groups excluding carboxylic acids is 2. The molecule has 2 aliphatic heterocycles. The van der Waals surface area contributed by atoms with Gasteiger partial charge in [-0.2, -0.15) is 13.2 Å². The number of halogens is 3. The molecule has 0 aliphatic carbocycles. The molecule has 31 heavy (non-hydrogen) atoms. The van der Waals surface area contributed by atoms with Gasteiger partial charge in [-0.15, -0.1) is 11.3 Å². The topological polar surface area (TPSA) is 43.9 Å². The highest BCUT2D eigenvalue weighted by Crippen LogP contribution is 2.38. The van der Waals surface area contributed by atoms with Crippen molar-refractivity contribution in [1.82, 2.24) is 9.80 Å². The lowest BCUT2D eigenvalue weighted by Crippen LogP contribution is -2.43. The van der Waals surface area contributed by atoms with Gasteiger partial charge in [0.1, 0.15) is 5.70 Å². The maximum atomic E-state index is 13.4. The van der Waals surface area contributed by atoms with E-state index in [-0.39, 0.29) is 11.7 Å². The van der Waals surface area contributed by atoms with Crippen LogP contribution < -0.4 is 4.90 Å². The summed E-state index contributed by atoms with van der Waals surface area (Å²) in [5, 5.41) is 1.83. The Morgan fingerprint density at radius 3 is 2.23 bits per heavy atom. The van der Waals surface area contributed by atoms with E-state index in [0.29, 0.717) is 16.1 Å². The number of nitrogens with zero attached hydrogens (tertiary/aromatic N) is 3. The molecular formula is C22H22F3N3O2S. The van der Waals surface area contributed by atoms with Crippen LogP contribution in [0.5, 0.6) is 0 Å². The number of imide groups is 1. The first-order valence-electron chi connectivity index (χ1n) is 9.94. The Labute approximate surface area is 182 Å². The number of hydrogen-bond donors (Lipinski definition) is 0. The maximum Gasteiger partial charge on any atom is 0.416 e. The van der Waals surface area contributed by atoms with Crippen LogP contribution >= 0.6 is 11.3 Å². The van der Waals surface area contributed by atoms with Gasteiger partial charge in [-0.25, -0.2) is 4.90 Å². The molecule has 0 atom stereocenters. The summed E-state index contributed by atoms with van der Waals surface area (Å²) in [6, 6.07) is 7.80. The van der Waals surface area contributed by atoms with E-state index >= 15 is 0 Å². The summed E-state index contributed by atoms with van der Waals surface area (Å²) in [6.45, 7) is 1.78. The van der Waals surface area contributed by atoms with Gasteiger partial charge in [0.05, 0.1) is 16.8 Å². The molecule has 3 heterocycles. The molecule has 164 valence electrons. The van der Waals surface area contributed by atoms with Crippen LogP contribution in [0.4, 0.5) is 18.9 Å².